The van der Waals surface area contributed by atoms with Crippen molar-refractivity contribution in [2.24, 2.45) is 5.73 Å². The van der Waals surface area contributed by atoms with Gasteiger partial charge >= 0.3 is 0 Å². The first-order valence-electron chi connectivity index (χ1n) is 4.24. The summed E-state index contributed by atoms with van der Waals surface area (Å²) in [5.74, 6) is -0.366. The van der Waals surface area contributed by atoms with Crippen molar-refractivity contribution in [1.82, 2.24) is 0 Å². The molecular weight excluding hydrogens is 205 g/mol. The van der Waals surface area contributed by atoms with Crippen molar-refractivity contribution in [3.8, 4) is 0 Å². The summed E-state index contributed by atoms with van der Waals surface area (Å²) in [6.07, 6.45) is 0. The van der Waals surface area contributed by atoms with E-state index in [9.17, 15) is 4.39 Å². The van der Waals surface area contributed by atoms with Gasteiger partial charge in [-0.1, -0.05) is 17.7 Å². The van der Waals surface area contributed by atoms with Crippen LogP contribution < -0.4 is 5.73 Å². The smallest absolute Gasteiger partial charge is 0.124 e. The zero-order chi connectivity index (χ0) is 10.8. The van der Waals surface area contributed by atoms with E-state index in [1.165, 1.54) is 12.1 Å². The fourth-order valence-electron chi connectivity index (χ4n) is 1.22. The number of halogens is 2. The Balaban J connectivity index is 3.17. The van der Waals surface area contributed by atoms with Crippen LogP contribution in [-0.4, -0.2) is 13.7 Å². The third-order valence-corrected chi connectivity index (χ3v) is 2.65. The molecule has 0 bridgehead atoms. The number of nitrogens with two attached hydrogens (primary N) is 1. The predicted octanol–water partition coefficient (Wildman–Crippen LogP) is 2.30. The van der Waals surface area contributed by atoms with Crippen LogP contribution in [0.25, 0.3) is 0 Å². The van der Waals surface area contributed by atoms with Gasteiger partial charge in [-0.05, 0) is 19.1 Å². The van der Waals surface area contributed by atoms with E-state index < -0.39 is 5.60 Å². The first-order chi connectivity index (χ1) is 6.53. The average Bonchev–Trinajstić information content (AvgIpc) is 2.17. The second-order valence-corrected chi connectivity index (χ2v) is 3.67. The van der Waals surface area contributed by atoms with Gasteiger partial charge in [-0.25, -0.2) is 4.39 Å². The molecule has 0 saturated heterocycles. The zero-order valence-corrected chi connectivity index (χ0v) is 8.94. The van der Waals surface area contributed by atoms with Crippen molar-refractivity contribution in [2.45, 2.75) is 12.5 Å². The summed E-state index contributed by atoms with van der Waals surface area (Å²) in [5.41, 5.74) is 5.62. The molecule has 2 nitrogen and oxygen atoms in total. The number of methoxy groups -OCH3 is 1. The summed E-state index contributed by atoms with van der Waals surface area (Å²) in [6, 6.07) is 4.19. The molecule has 78 valence electrons. The van der Waals surface area contributed by atoms with Gasteiger partial charge in [0, 0.05) is 24.2 Å². The molecule has 14 heavy (non-hydrogen) atoms. The lowest BCUT2D eigenvalue weighted by Gasteiger charge is -2.27. The molecule has 1 rings (SSSR count). The van der Waals surface area contributed by atoms with E-state index in [2.05, 4.69) is 0 Å². The topological polar surface area (TPSA) is 35.2 Å². The van der Waals surface area contributed by atoms with Crippen LogP contribution in [0.15, 0.2) is 18.2 Å². The minimum Gasteiger partial charge on any atom is -0.372 e. The summed E-state index contributed by atoms with van der Waals surface area (Å²) in [7, 11) is 1.55. The Morgan fingerprint density at radius 1 is 1.57 bits per heavy atom. The number of ether oxygens (including phenoxy) is 1. The zero-order valence-electron chi connectivity index (χ0n) is 8.18. The summed E-state index contributed by atoms with van der Waals surface area (Å²) in [5, 5.41) is 0.333. The number of hydrogen-bond acceptors (Lipinski definition) is 2. The molecule has 0 amide bonds. The molecule has 0 saturated carbocycles. The largest absolute Gasteiger partial charge is 0.372 e. The van der Waals surface area contributed by atoms with Crippen molar-refractivity contribution < 1.29 is 9.13 Å². The van der Waals surface area contributed by atoms with E-state index >= 15 is 0 Å². The van der Waals surface area contributed by atoms with Crippen LogP contribution in [0.4, 0.5) is 4.39 Å². The van der Waals surface area contributed by atoms with Crippen LogP contribution in [0, 0.1) is 5.82 Å². The third-order valence-electron chi connectivity index (χ3n) is 2.34. The molecule has 0 aliphatic heterocycles. The van der Waals surface area contributed by atoms with Gasteiger partial charge in [0.05, 0.1) is 0 Å². The molecule has 0 aliphatic rings. The maximum absolute atomic E-state index is 12.8. The molecule has 2 N–H and O–H groups in total. The van der Waals surface area contributed by atoms with Crippen LogP contribution >= 0.6 is 11.6 Å². The number of rotatable bonds is 3. The first kappa shape index (κ1) is 11.4. The Morgan fingerprint density at radius 3 is 2.64 bits per heavy atom. The summed E-state index contributed by atoms with van der Waals surface area (Å²) < 4.78 is 18.0. The molecule has 0 aliphatic carbocycles. The van der Waals surface area contributed by atoms with Gasteiger partial charge < -0.3 is 10.5 Å². The fraction of sp³-hybridized carbons (Fsp3) is 0.400. The maximum atomic E-state index is 12.8. The Kier molecular flexibility index (Phi) is 3.48. The number of hydrogen-bond donors (Lipinski definition) is 1. The Hall–Kier alpha value is -0.640. The minimum absolute atomic E-state index is 0.287. The SMILES string of the molecule is COC(C)(CN)c1ccc(F)cc1Cl. The third kappa shape index (κ3) is 2.05. The van der Waals surface area contributed by atoms with Crippen LogP contribution in [-0.2, 0) is 10.3 Å². The summed E-state index contributed by atoms with van der Waals surface area (Å²) >= 11 is 5.90. The fourth-order valence-corrected chi connectivity index (χ4v) is 1.59. The summed E-state index contributed by atoms with van der Waals surface area (Å²) in [4.78, 5) is 0. The van der Waals surface area contributed by atoms with Gasteiger partial charge in [-0.2, -0.15) is 0 Å². The molecule has 0 heterocycles. The Bertz CT molecular complexity index is 326. The van der Waals surface area contributed by atoms with Crippen molar-refractivity contribution >= 4 is 11.6 Å². The molecule has 0 spiro atoms. The van der Waals surface area contributed by atoms with Crippen molar-refractivity contribution in [3.05, 3.63) is 34.6 Å². The lowest BCUT2D eigenvalue weighted by atomic mass is 9.96. The van der Waals surface area contributed by atoms with E-state index in [0.29, 0.717) is 10.6 Å². The molecule has 1 unspecified atom stereocenters. The van der Waals surface area contributed by atoms with E-state index in [-0.39, 0.29) is 12.4 Å². The van der Waals surface area contributed by atoms with E-state index in [0.717, 1.165) is 0 Å². The second-order valence-electron chi connectivity index (χ2n) is 3.26. The second kappa shape index (κ2) is 4.26. The highest BCUT2D eigenvalue weighted by molar-refractivity contribution is 6.31. The Morgan fingerprint density at radius 2 is 2.21 bits per heavy atom. The summed E-state index contributed by atoms with van der Waals surface area (Å²) in [6.45, 7) is 2.10. The minimum atomic E-state index is -0.662. The van der Waals surface area contributed by atoms with Gasteiger partial charge in [-0.3, -0.25) is 0 Å². The molecule has 1 atom stereocenters. The van der Waals surface area contributed by atoms with Gasteiger partial charge in [0.1, 0.15) is 11.4 Å². The maximum Gasteiger partial charge on any atom is 0.124 e. The van der Waals surface area contributed by atoms with Crippen LogP contribution in [0.2, 0.25) is 5.02 Å². The monoisotopic (exact) mass is 217 g/mol. The van der Waals surface area contributed by atoms with Crippen LogP contribution in [0.3, 0.4) is 0 Å². The van der Waals surface area contributed by atoms with Gasteiger partial charge in [0.2, 0.25) is 0 Å². The average molecular weight is 218 g/mol. The van der Waals surface area contributed by atoms with E-state index in [1.54, 1.807) is 13.2 Å². The van der Waals surface area contributed by atoms with Crippen molar-refractivity contribution in [1.29, 1.82) is 0 Å². The molecule has 1 aromatic carbocycles. The highest BCUT2D eigenvalue weighted by Crippen LogP contribution is 2.30. The molecule has 0 fully saturated rings. The number of benzene rings is 1. The normalized spacial score (nSPS) is 15.2. The standard InChI is InChI=1S/C10H13ClFNO/c1-10(6-13,14-2)8-4-3-7(12)5-9(8)11/h3-5H,6,13H2,1-2H3. The van der Waals surface area contributed by atoms with Crippen molar-refractivity contribution in [3.63, 3.8) is 0 Å². The van der Waals surface area contributed by atoms with E-state index in [1.807, 2.05) is 6.92 Å². The molecule has 0 radical (unpaired) electrons. The molecule has 4 heteroatoms. The quantitative estimate of drug-likeness (QED) is 0.843. The van der Waals surface area contributed by atoms with Gasteiger partial charge in [-0.15, -0.1) is 0 Å². The highest BCUT2D eigenvalue weighted by Gasteiger charge is 2.26. The van der Waals surface area contributed by atoms with Crippen LogP contribution in [0.1, 0.15) is 12.5 Å². The molecule has 1 aromatic rings. The lowest BCUT2D eigenvalue weighted by molar-refractivity contribution is 0.0101. The van der Waals surface area contributed by atoms with Gasteiger partial charge in [0.15, 0.2) is 0 Å². The van der Waals surface area contributed by atoms with E-state index in [4.69, 9.17) is 22.1 Å². The van der Waals surface area contributed by atoms with Gasteiger partial charge in [0.25, 0.3) is 0 Å². The lowest BCUT2D eigenvalue weighted by Crippen LogP contribution is -2.34. The predicted molar refractivity (Wildman–Crippen MR) is 54.8 cm³/mol. The van der Waals surface area contributed by atoms with Crippen LogP contribution in [0.5, 0.6) is 0 Å². The molecular formula is C10H13ClFNO. The molecule has 0 aromatic heterocycles. The Labute approximate surface area is 87.8 Å². The highest BCUT2D eigenvalue weighted by atomic mass is 35.5. The van der Waals surface area contributed by atoms with Crippen molar-refractivity contribution in [2.75, 3.05) is 13.7 Å². The first-order valence-corrected chi connectivity index (χ1v) is 4.62.